The summed E-state index contributed by atoms with van der Waals surface area (Å²) in [5, 5.41) is 13.2. The second-order valence-electron chi connectivity index (χ2n) is 7.73. The maximum atomic E-state index is 13.5. The Morgan fingerprint density at radius 1 is 1.24 bits per heavy atom. The van der Waals surface area contributed by atoms with E-state index in [9.17, 15) is 10.1 Å². The normalized spacial score (nSPS) is 16.5. The zero-order chi connectivity index (χ0) is 20.9. The van der Waals surface area contributed by atoms with Gasteiger partial charge in [0, 0.05) is 11.1 Å². The molecule has 0 spiro atoms. The molecule has 5 heteroatoms. The van der Waals surface area contributed by atoms with Crippen molar-refractivity contribution in [3.8, 4) is 11.8 Å². The van der Waals surface area contributed by atoms with Crippen molar-refractivity contribution >= 4 is 23.2 Å². The predicted octanol–water partition coefficient (Wildman–Crippen LogP) is 6.23. The van der Waals surface area contributed by atoms with Crippen molar-refractivity contribution < 1.29 is 9.53 Å². The van der Waals surface area contributed by atoms with E-state index >= 15 is 0 Å². The molecule has 1 amide bonds. The zero-order valence-electron chi connectivity index (χ0n) is 17.0. The minimum Gasteiger partial charge on any atom is -0.491 e. The van der Waals surface area contributed by atoms with Crippen molar-refractivity contribution in [2.75, 3.05) is 5.32 Å². The van der Waals surface area contributed by atoms with Crippen LogP contribution in [0.5, 0.6) is 5.75 Å². The molecule has 3 rings (SSSR count). The van der Waals surface area contributed by atoms with Gasteiger partial charge >= 0.3 is 0 Å². The number of halogens is 1. The number of nitriles is 1. The Kier molecular flexibility index (Phi) is 6.82. The quantitative estimate of drug-likeness (QED) is 0.613. The van der Waals surface area contributed by atoms with Gasteiger partial charge in [-0.3, -0.25) is 4.79 Å². The predicted molar refractivity (Wildman–Crippen MR) is 116 cm³/mol. The summed E-state index contributed by atoms with van der Waals surface area (Å²) in [6, 6.07) is 15.0. The largest absolute Gasteiger partial charge is 0.491 e. The van der Waals surface area contributed by atoms with E-state index in [0.717, 1.165) is 44.1 Å². The monoisotopic (exact) mass is 410 g/mol. The lowest BCUT2D eigenvalue weighted by molar-refractivity contribution is -0.122. The molecule has 0 heterocycles. The Labute approximate surface area is 177 Å². The lowest BCUT2D eigenvalue weighted by Crippen LogP contribution is -2.42. The highest BCUT2D eigenvalue weighted by Gasteiger charge is 2.42. The maximum Gasteiger partial charge on any atom is 0.235 e. The molecular weight excluding hydrogens is 384 g/mol. The van der Waals surface area contributed by atoms with Crippen LogP contribution in [-0.2, 0) is 10.2 Å². The molecule has 1 aliphatic carbocycles. The van der Waals surface area contributed by atoms with E-state index in [-0.39, 0.29) is 12.0 Å². The molecule has 0 radical (unpaired) electrons. The number of amides is 1. The highest BCUT2D eigenvalue weighted by molar-refractivity contribution is 6.31. The van der Waals surface area contributed by atoms with Gasteiger partial charge in [-0.2, -0.15) is 5.26 Å². The SMILES string of the molecule is CCC(C)Oc1ccc(NC(=O)C2(c3ccccc3Cl)CCCCC2)c(C#N)c1. The van der Waals surface area contributed by atoms with Gasteiger partial charge in [0.15, 0.2) is 0 Å². The topological polar surface area (TPSA) is 62.1 Å². The summed E-state index contributed by atoms with van der Waals surface area (Å²) in [4.78, 5) is 13.5. The first kappa shape index (κ1) is 21.2. The fourth-order valence-corrected chi connectivity index (χ4v) is 4.30. The van der Waals surface area contributed by atoms with Crippen molar-refractivity contribution in [2.24, 2.45) is 0 Å². The van der Waals surface area contributed by atoms with Crippen LogP contribution < -0.4 is 10.1 Å². The lowest BCUT2D eigenvalue weighted by atomic mass is 9.68. The average molecular weight is 411 g/mol. The van der Waals surface area contributed by atoms with E-state index in [1.807, 2.05) is 38.1 Å². The molecule has 0 aromatic heterocycles. The van der Waals surface area contributed by atoms with Gasteiger partial charge in [0.05, 0.1) is 22.8 Å². The van der Waals surface area contributed by atoms with Crippen LogP contribution in [0.15, 0.2) is 42.5 Å². The number of benzene rings is 2. The molecule has 2 aromatic carbocycles. The molecule has 1 fully saturated rings. The summed E-state index contributed by atoms with van der Waals surface area (Å²) in [6.07, 6.45) is 5.51. The number of nitrogens with zero attached hydrogens (tertiary/aromatic N) is 1. The van der Waals surface area contributed by atoms with Gasteiger partial charge in [-0.1, -0.05) is 56.0 Å². The van der Waals surface area contributed by atoms with Crippen molar-refractivity contribution in [1.29, 1.82) is 5.26 Å². The van der Waals surface area contributed by atoms with Crippen molar-refractivity contribution in [2.45, 2.75) is 63.9 Å². The average Bonchev–Trinajstić information content (AvgIpc) is 2.75. The third-order valence-corrected chi connectivity index (χ3v) is 6.13. The van der Waals surface area contributed by atoms with Crippen LogP contribution >= 0.6 is 11.6 Å². The van der Waals surface area contributed by atoms with Gasteiger partial charge in [-0.15, -0.1) is 0 Å². The van der Waals surface area contributed by atoms with Gasteiger partial charge in [-0.05, 0) is 49.9 Å². The minimum atomic E-state index is -0.671. The number of nitrogens with one attached hydrogen (secondary N) is 1. The van der Waals surface area contributed by atoms with Crippen LogP contribution in [0.25, 0.3) is 0 Å². The zero-order valence-corrected chi connectivity index (χ0v) is 17.8. The number of anilines is 1. The summed E-state index contributed by atoms with van der Waals surface area (Å²) in [5.41, 5.74) is 1.10. The lowest BCUT2D eigenvalue weighted by Gasteiger charge is -2.37. The van der Waals surface area contributed by atoms with E-state index in [2.05, 4.69) is 11.4 Å². The summed E-state index contributed by atoms with van der Waals surface area (Å²) in [7, 11) is 0. The Hall–Kier alpha value is -2.51. The van der Waals surface area contributed by atoms with Crippen LogP contribution in [0, 0.1) is 11.3 Å². The molecule has 4 nitrogen and oxygen atoms in total. The van der Waals surface area contributed by atoms with Crippen molar-refractivity contribution in [1.82, 2.24) is 0 Å². The highest BCUT2D eigenvalue weighted by atomic mass is 35.5. The first-order chi connectivity index (χ1) is 14.0. The van der Waals surface area contributed by atoms with E-state index in [4.69, 9.17) is 16.3 Å². The molecular formula is C24H27ClN2O2. The molecule has 29 heavy (non-hydrogen) atoms. The van der Waals surface area contributed by atoms with Gasteiger partial charge in [0.1, 0.15) is 11.8 Å². The highest BCUT2D eigenvalue weighted by Crippen LogP contribution is 2.43. The first-order valence-electron chi connectivity index (χ1n) is 10.3. The molecule has 1 saturated carbocycles. The first-order valence-corrected chi connectivity index (χ1v) is 10.6. The molecule has 2 aromatic rings. The van der Waals surface area contributed by atoms with Crippen LogP contribution in [0.1, 0.15) is 63.5 Å². The fraction of sp³-hybridized carbons (Fsp3) is 0.417. The Morgan fingerprint density at radius 3 is 2.62 bits per heavy atom. The van der Waals surface area contributed by atoms with E-state index in [0.29, 0.717) is 22.0 Å². The molecule has 152 valence electrons. The summed E-state index contributed by atoms with van der Waals surface area (Å²) in [6.45, 7) is 4.03. The summed E-state index contributed by atoms with van der Waals surface area (Å²) >= 11 is 6.49. The second-order valence-corrected chi connectivity index (χ2v) is 8.14. The van der Waals surface area contributed by atoms with Gasteiger partial charge in [-0.25, -0.2) is 0 Å². The standard InChI is InChI=1S/C24H27ClN2O2/c1-3-17(2)29-19-11-12-22(18(15-19)16-26)27-23(28)24(13-7-4-8-14-24)20-9-5-6-10-21(20)25/h5-6,9-12,15,17H,3-4,7-8,13-14H2,1-2H3,(H,27,28). The van der Waals surface area contributed by atoms with E-state index in [1.165, 1.54) is 0 Å². The van der Waals surface area contributed by atoms with Crippen LogP contribution in [-0.4, -0.2) is 12.0 Å². The molecule has 1 aliphatic rings. The van der Waals surface area contributed by atoms with Crippen molar-refractivity contribution in [3.05, 3.63) is 58.6 Å². The number of ether oxygens (including phenoxy) is 1. The molecule has 0 bridgehead atoms. The number of carbonyl (C=O) groups excluding carboxylic acids is 1. The smallest absolute Gasteiger partial charge is 0.235 e. The minimum absolute atomic E-state index is 0.0627. The second kappa shape index (κ2) is 9.33. The van der Waals surface area contributed by atoms with Gasteiger partial charge in [0.2, 0.25) is 5.91 Å². The number of rotatable bonds is 6. The number of carbonyl (C=O) groups is 1. The number of hydrogen-bond acceptors (Lipinski definition) is 3. The molecule has 1 atom stereocenters. The van der Waals surface area contributed by atoms with Gasteiger partial charge < -0.3 is 10.1 Å². The fourth-order valence-electron chi connectivity index (χ4n) is 3.98. The third-order valence-electron chi connectivity index (χ3n) is 5.80. The van der Waals surface area contributed by atoms with Crippen LogP contribution in [0.4, 0.5) is 5.69 Å². The van der Waals surface area contributed by atoms with Crippen LogP contribution in [0.3, 0.4) is 0 Å². The molecule has 1 unspecified atom stereocenters. The Balaban J connectivity index is 1.91. The summed E-state index contributed by atoms with van der Waals surface area (Å²) < 4.78 is 5.81. The maximum absolute atomic E-state index is 13.5. The van der Waals surface area contributed by atoms with Crippen molar-refractivity contribution in [3.63, 3.8) is 0 Å². The summed E-state index contributed by atoms with van der Waals surface area (Å²) in [5.74, 6) is 0.532. The molecule has 0 aliphatic heterocycles. The third kappa shape index (κ3) is 4.57. The Bertz CT molecular complexity index is 913. The molecule has 0 saturated heterocycles. The number of hydrogen-bond donors (Lipinski definition) is 1. The Morgan fingerprint density at radius 2 is 1.97 bits per heavy atom. The van der Waals surface area contributed by atoms with E-state index in [1.54, 1.807) is 18.2 Å². The van der Waals surface area contributed by atoms with E-state index < -0.39 is 5.41 Å². The van der Waals surface area contributed by atoms with Gasteiger partial charge in [0.25, 0.3) is 0 Å². The molecule has 1 N–H and O–H groups in total. The van der Waals surface area contributed by atoms with Crippen LogP contribution in [0.2, 0.25) is 5.02 Å².